The van der Waals surface area contributed by atoms with E-state index in [1.807, 2.05) is 52.9 Å². The van der Waals surface area contributed by atoms with Gasteiger partial charge >= 0.3 is 6.03 Å². The number of hydrogen-bond acceptors (Lipinski definition) is 3. The molecular weight excluding hydrogens is 314 g/mol. The summed E-state index contributed by atoms with van der Waals surface area (Å²) in [6, 6.07) is 11.8. The van der Waals surface area contributed by atoms with Crippen molar-refractivity contribution in [2.24, 2.45) is 11.3 Å². The maximum atomic E-state index is 12.7. The zero-order chi connectivity index (χ0) is 17.6. The number of rotatable bonds is 2. The summed E-state index contributed by atoms with van der Waals surface area (Å²) in [7, 11) is 2.16. The van der Waals surface area contributed by atoms with E-state index >= 15 is 0 Å². The van der Waals surface area contributed by atoms with Gasteiger partial charge in [0, 0.05) is 43.4 Å². The molecule has 0 saturated carbocycles. The van der Waals surface area contributed by atoms with Crippen molar-refractivity contribution < 1.29 is 4.79 Å². The Labute approximate surface area is 148 Å². The molecule has 0 bridgehead atoms. The van der Waals surface area contributed by atoms with Crippen LogP contribution in [0.5, 0.6) is 0 Å². The SMILES string of the molecule is Cc1cc(NC(=O)N2C[C@H]3CN(C)C[C@@]3(C)C2)nn1-c1ccccc1. The van der Waals surface area contributed by atoms with Crippen LogP contribution in [-0.2, 0) is 0 Å². The van der Waals surface area contributed by atoms with Gasteiger partial charge in [0.25, 0.3) is 0 Å². The largest absolute Gasteiger partial charge is 0.324 e. The number of aryl methyl sites for hydroxylation is 1. The quantitative estimate of drug-likeness (QED) is 0.915. The number of nitrogens with one attached hydrogen (secondary N) is 1. The number of fused-ring (bicyclic) bond motifs is 1. The smallest absolute Gasteiger partial charge is 0.323 e. The molecule has 2 aliphatic rings. The number of hydrogen-bond donors (Lipinski definition) is 1. The average Bonchev–Trinajstić information content (AvgIpc) is 3.16. The maximum absolute atomic E-state index is 12.7. The Hall–Kier alpha value is -2.34. The molecule has 2 atom stereocenters. The Morgan fingerprint density at radius 2 is 2.00 bits per heavy atom. The molecule has 132 valence electrons. The normalized spacial score (nSPS) is 26.0. The highest BCUT2D eigenvalue weighted by atomic mass is 16.2. The van der Waals surface area contributed by atoms with Crippen molar-refractivity contribution in [3.8, 4) is 5.69 Å². The van der Waals surface area contributed by atoms with Crippen LogP contribution in [0.2, 0.25) is 0 Å². The Morgan fingerprint density at radius 1 is 1.24 bits per heavy atom. The molecule has 0 radical (unpaired) electrons. The fourth-order valence-corrected chi connectivity index (χ4v) is 4.34. The molecule has 2 saturated heterocycles. The van der Waals surface area contributed by atoms with Crippen LogP contribution in [0.25, 0.3) is 5.69 Å². The molecule has 1 N–H and O–H groups in total. The van der Waals surface area contributed by atoms with Crippen LogP contribution in [0.4, 0.5) is 10.6 Å². The van der Waals surface area contributed by atoms with Gasteiger partial charge in [0.05, 0.1) is 5.69 Å². The van der Waals surface area contributed by atoms with Gasteiger partial charge in [0.1, 0.15) is 0 Å². The topological polar surface area (TPSA) is 53.4 Å². The summed E-state index contributed by atoms with van der Waals surface area (Å²) in [5, 5.41) is 7.52. The van der Waals surface area contributed by atoms with Crippen LogP contribution in [0.1, 0.15) is 12.6 Å². The number of likely N-dealkylation sites (tertiary alicyclic amines) is 2. The number of carbonyl (C=O) groups is 1. The first kappa shape index (κ1) is 16.1. The van der Waals surface area contributed by atoms with Gasteiger partial charge in [-0.15, -0.1) is 5.10 Å². The molecule has 1 aromatic carbocycles. The molecule has 2 amide bonds. The number of nitrogens with zero attached hydrogens (tertiary/aromatic N) is 4. The number of carbonyl (C=O) groups excluding carboxylic acids is 1. The Kier molecular flexibility index (Phi) is 3.80. The molecule has 6 heteroatoms. The first-order valence-corrected chi connectivity index (χ1v) is 8.81. The lowest BCUT2D eigenvalue weighted by atomic mass is 9.83. The minimum atomic E-state index is -0.0454. The molecule has 4 rings (SSSR count). The standard InChI is InChI=1S/C19H25N5O/c1-14-9-17(21-24(14)16-7-5-4-6-8-16)20-18(25)23-11-15-10-22(3)12-19(15,2)13-23/h4-9,15H,10-13H2,1-3H3,(H,20,21,25)/t15-,19+/m1/s1. The summed E-state index contributed by atoms with van der Waals surface area (Å²) in [4.78, 5) is 17.0. The highest BCUT2D eigenvalue weighted by molar-refractivity contribution is 5.88. The number of anilines is 1. The van der Waals surface area contributed by atoms with Crippen molar-refractivity contribution in [3.05, 3.63) is 42.1 Å². The molecule has 2 aliphatic heterocycles. The van der Waals surface area contributed by atoms with E-state index in [0.29, 0.717) is 11.7 Å². The van der Waals surface area contributed by atoms with Crippen molar-refractivity contribution in [2.75, 3.05) is 38.5 Å². The van der Waals surface area contributed by atoms with Gasteiger partial charge in [-0.3, -0.25) is 5.32 Å². The first-order chi connectivity index (χ1) is 11.9. The number of para-hydroxylation sites is 1. The third kappa shape index (κ3) is 2.91. The number of benzene rings is 1. The molecule has 0 aliphatic carbocycles. The predicted molar refractivity (Wildman–Crippen MR) is 98.0 cm³/mol. The Bertz CT molecular complexity index is 786. The third-order valence-corrected chi connectivity index (χ3v) is 5.55. The monoisotopic (exact) mass is 339 g/mol. The van der Waals surface area contributed by atoms with Gasteiger partial charge in [0.2, 0.25) is 0 Å². The van der Waals surface area contributed by atoms with E-state index in [-0.39, 0.29) is 11.4 Å². The predicted octanol–water partition coefficient (Wildman–Crippen LogP) is 2.60. The second-order valence-electron chi connectivity index (χ2n) is 7.78. The summed E-state index contributed by atoms with van der Waals surface area (Å²) in [5.74, 6) is 1.16. The molecule has 2 aromatic rings. The Morgan fingerprint density at radius 3 is 2.72 bits per heavy atom. The third-order valence-electron chi connectivity index (χ3n) is 5.55. The molecule has 0 spiro atoms. The summed E-state index contributed by atoms with van der Waals surface area (Å²) in [5.41, 5.74) is 2.20. The lowest BCUT2D eigenvalue weighted by Gasteiger charge is -2.23. The van der Waals surface area contributed by atoms with E-state index < -0.39 is 0 Å². The minimum Gasteiger partial charge on any atom is -0.324 e. The van der Waals surface area contributed by atoms with Gasteiger partial charge in [-0.2, -0.15) is 0 Å². The van der Waals surface area contributed by atoms with Gasteiger partial charge in [-0.05, 0) is 32.0 Å². The second kappa shape index (κ2) is 5.88. The zero-order valence-electron chi connectivity index (χ0n) is 15.1. The molecule has 1 aromatic heterocycles. The van der Waals surface area contributed by atoms with E-state index in [2.05, 4.69) is 29.3 Å². The number of amides is 2. The van der Waals surface area contributed by atoms with Gasteiger partial charge in [-0.1, -0.05) is 25.1 Å². The Balaban J connectivity index is 1.46. The average molecular weight is 339 g/mol. The molecule has 2 fully saturated rings. The maximum Gasteiger partial charge on any atom is 0.323 e. The van der Waals surface area contributed by atoms with Crippen molar-refractivity contribution in [1.29, 1.82) is 0 Å². The van der Waals surface area contributed by atoms with Crippen LogP contribution >= 0.6 is 0 Å². The van der Waals surface area contributed by atoms with Crippen molar-refractivity contribution in [2.45, 2.75) is 13.8 Å². The van der Waals surface area contributed by atoms with E-state index in [9.17, 15) is 4.79 Å². The van der Waals surface area contributed by atoms with Crippen LogP contribution in [-0.4, -0.2) is 58.8 Å². The van der Waals surface area contributed by atoms with E-state index in [4.69, 9.17) is 0 Å². The lowest BCUT2D eigenvalue weighted by Crippen LogP contribution is -2.37. The van der Waals surface area contributed by atoms with Crippen molar-refractivity contribution in [1.82, 2.24) is 19.6 Å². The molecule has 6 nitrogen and oxygen atoms in total. The lowest BCUT2D eigenvalue weighted by molar-refractivity contribution is 0.208. The van der Waals surface area contributed by atoms with Crippen molar-refractivity contribution >= 4 is 11.8 Å². The fourth-order valence-electron chi connectivity index (χ4n) is 4.34. The summed E-state index contributed by atoms with van der Waals surface area (Å²) in [6.45, 7) is 8.05. The first-order valence-electron chi connectivity index (χ1n) is 8.81. The molecule has 25 heavy (non-hydrogen) atoms. The van der Waals surface area contributed by atoms with E-state index in [0.717, 1.165) is 37.6 Å². The zero-order valence-corrected chi connectivity index (χ0v) is 15.1. The van der Waals surface area contributed by atoms with Crippen LogP contribution in [0.15, 0.2) is 36.4 Å². The number of aromatic nitrogens is 2. The number of urea groups is 1. The van der Waals surface area contributed by atoms with Gasteiger partial charge in [0.15, 0.2) is 5.82 Å². The van der Waals surface area contributed by atoms with Crippen molar-refractivity contribution in [3.63, 3.8) is 0 Å². The molecule has 3 heterocycles. The van der Waals surface area contributed by atoms with Crippen LogP contribution < -0.4 is 5.32 Å². The van der Waals surface area contributed by atoms with E-state index in [1.165, 1.54) is 0 Å². The summed E-state index contributed by atoms with van der Waals surface area (Å²) in [6.07, 6.45) is 0. The van der Waals surface area contributed by atoms with Gasteiger partial charge in [-0.25, -0.2) is 9.48 Å². The fraction of sp³-hybridized carbons (Fsp3) is 0.474. The van der Waals surface area contributed by atoms with Crippen LogP contribution in [0.3, 0.4) is 0 Å². The van der Waals surface area contributed by atoms with Crippen LogP contribution in [0, 0.1) is 18.3 Å². The van der Waals surface area contributed by atoms with Gasteiger partial charge < -0.3 is 9.80 Å². The molecule has 0 unspecified atom stereocenters. The summed E-state index contributed by atoms with van der Waals surface area (Å²) < 4.78 is 1.85. The highest BCUT2D eigenvalue weighted by Crippen LogP contribution is 2.41. The van der Waals surface area contributed by atoms with E-state index in [1.54, 1.807) is 0 Å². The molecular formula is C19H25N5O. The second-order valence-corrected chi connectivity index (χ2v) is 7.78. The highest BCUT2D eigenvalue weighted by Gasteiger charge is 2.49. The summed E-state index contributed by atoms with van der Waals surface area (Å²) >= 11 is 0. The minimum absolute atomic E-state index is 0.0454.